The number of hydrogen-bond acceptors (Lipinski definition) is 7. The SMILES string of the molecule is CCCCC(OC(=O)C(C)C)c1ccccc1C(=O)SSC[C@H](NC(C)=O)C(=O)O. The molecule has 1 aromatic carbocycles. The van der Waals surface area contributed by atoms with E-state index in [0.717, 1.165) is 34.4 Å². The molecule has 0 saturated carbocycles. The molecule has 1 amide bonds. The maximum absolute atomic E-state index is 12.8. The summed E-state index contributed by atoms with van der Waals surface area (Å²) in [6.45, 7) is 6.80. The van der Waals surface area contributed by atoms with Crippen LogP contribution in [0.25, 0.3) is 0 Å². The van der Waals surface area contributed by atoms with Crippen molar-refractivity contribution in [1.29, 1.82) is 0 Å². The lowest BCUT2D eigenvalue weighted by Gasteiger charge is -2.21. The molecule has 1 rings (SSSR count). The fourth-order valence-electron chi connectivity index (χ4n) is 2.53. The molecule has 0 bridgehead atoms. The number of carboxylic acid groups (broad SMARTS) is 1. The second kappa shape index (κ2) is 13.3. The van der Waals surface area contributed by atoms with Crippen molar-refractivity contribution in [2.45, 2.75) is 59.1 Å². The van der Waals surface area contributed by atoms with Crippen molar-refractivity contribution >= 4 is 44.5 Å². The van der Waals surface area contributed by atoms with E-state index in [1.165, 1.54) is 6.92 Å². The van der Waals surface area contributed by atoms with Gasteiger partial charge in [0, 0.05) is 23.8 Å². The summed E-state index contributed by atoms with van der Waals surface area (Å²) in [6, 6.07) is 5.91. The van der Waals surface area contributed by atoms with Crippen LogP contribution in [0.1, 0.15) is 69.0 Å². The number of ether oxygens (including phenoxy) is 1. The monoisotopic (exact) mass is 455 g/mol. The summed E-state index contributed by atoms with van der Waals surface area (Å²) in [5, 5.41) is 11.2. The Morgan fingerprint density at radius 2 is 1.83 bits per heavy atom. The fourth-order valence-corrected chi connectivity index (χ4v) is 4.54. The van der Waals surface area contributed by atoms with Crippen LogP contribution in [0.5, 0.6) is 0 Å². The number of hydrogen-bond donors (Lipinski definition) is 2. The first-order valence-corrected chi connectivity index (χ1v) is 12.1. The minimum Gasteiger partial charge on any atom is -0.480 e. The van der Waals surface area contributed by atoms with Crippen LogP contribution < -0.4 is 5.32 Å². The van der Waals surface area contributed by atoms with Crippen molar-refractivity contribution in [2.75, 3.05) is 5.75 Å². The van der Waals surface area contributed by atoms with E-state index in [2.05, 4.69) is 5.32 Å². The molecule has 166 valence electrons. The number of nitrogens with one attached hydrogen (secondary N) is 1. The molecule has 0 aliphatic heterocycles. The van der Waals surface area contributed by atoms with Gasteiger partial charge in [0.1, 0.15) is 12.1 Å². The molecule has 30 heavy (non-hydrogen) atoms. The van der Waals surface area contributed by atoms with Gasteiger partial charge < -0.3 is 15.2 Å². The van der Waals surface area contributed by atoms with Gasteiger partial charge in [-0.05, 0) is 23.6 Å². The molecule has 0 heterocycles. The lowest BCUT2D eigenvalue weighted by molar-refractivity contribution is -0.153. The number of esters is 1. The van der Waals surface area contributed by atoms with Crippen LogP contribution in [0.2, 0.25) is 0 Å². The van der Waals surface area contributed by atoms with Gasteiger partial charge >= 0.3 is 11.9 Å². The number of carboxylic acids is 1. The summed E-state index contributed by atoms with van der Waals surface area (Å²) in [5.41, 5.74) is 1.08. The van der Waals surface area contributed by atoms with E-state index in [4.69, 9.17) is 9.84 Å². The maximum atomic E-state index is 12.8. The Morgan fingerprint density at radius 3 is 2.40 bits per heavy atom. The summed E-state index contributed by atoms with van der Waals surface area (Å²) in [4.78, 5) is 47.3. The first-order valence-electron chi connectivity index (χ1n) is 9.80. The number of amides is 1. The first kappa shape index (κ1) is 26.0. The third-order valence-corrected chi connectivity index (χ3v) is 6.30. The Kier molecular flexibility index (Phi) is 11.6. The highest BCUT2D eigenvalue weighted by molar-refractivity contribution is 8.82. The van der Waals surface area contributed by atoms with Gasteiger partial charge in [0.05, 0.1) is 5.92 Å². The van der Waals surface area contributed by atoms with Gasteiger partial charge in [0.25, 0.3) is 0 Å². The number of unbranched alkanes of at least 4 members (excludes halogenated alkanes) is 1. The van der Waals surface area contributed by atoms with Crippen molar-refractivity contribution in [1.82, 2.24) is 5.32 Å². The molecule has 2 atom stereocenters. The topological polar surface area (TPSA) is 110 Å². The van der Waals surface area contributed by atoms with Gasteiger partial charge in [-0.2, -0.15) is 0 Å². The Morgan fingerprint density at radius 1 is 1.17 bits per heavy atom. The largest absolute Gasteiger partial charge is 0.480 e. The Bertz CT molecular complexity index is 753. The fraction of sp³-hybridized carbons (Fsp3) is 0.524. The number of rotatable bonds is 12. The molecule has 9 heteroatoms. The van der Waals surface area contributed by atoms with E-state index in [-0.39, 0.29) is 22.8 Å². The van der Waals surface area contributed by atoms with E-state index in [1.807, 2.05) is 6.92 Å². The molecule has 0 aliphatic carbocycles. The standard InChI is InChI=1S/C21H29NO6S2/c1-5-6-11-18(28-20(26)13(2)3)15-9-7-8-10-16(15)21(27)30-29-12-17(19(24)25)22-14(4)23/h7-10,13,17-18H,5-6,11-12H2,1-4H3,(H,22,23)(H,24,25)/t17-,18?/m0/s1. The van der Waals surface area contributed by atoms with Gasteiger partial charge in [-0.15, -0.1) is 0 Å². The zero-order chi connectivity index (χ0) is 22.7. The zero-order valence-electron chi connectivity index (χ0n) is 17.7. The molecular formula is C21H29NO6S2. The maximum Gasteiger partial charge on any atom is 0.327 e. The highest BCUT2D eigenvalue weighted by atomic mass is 33.1. The van der Waals surface area contributed by atoms with E-state index >= 15 is 0 Å². The van der Waals surface area contributed by atoms with Crippen molar-refractivity contribution in [2.24, 2.45) is 5.92 Å². The molecule has 7 nitrogen and oxygen atoms in total. The third-order valence-electron chi connectivity index (χ3n) is 4.12. The number of carbonyl (C=O) groups excluding carboxylic acids is 3. The summed E-state index contributed by atoms with van der Waals surface area (Å²) >= 11 is 0. The Hall–Kier alpha value is -2.00. The van der Waals surface area contributed by atoms with E-state index in [0.29, 0.717) is 17.5 Å². The van der Waals surface area contributed by atoms with Crippen molar-refractivity contribution in [3.05, 3.63) is 35.4 Å². The minimum atomic E-state index is -1.16. The second-order valence-electron chi connectivity index (χ2n) is 7.06. The van der Waals surface area contributed by atoms with Gasteiger partial charge in [-0.25, -0.2) is 4.79 Å². The quantitative estimate of drug-likeness (QED) is 0.356. The van der Waals surface area contributed by atoms with E-state index in [9.17, 15) is 19.2 Å². The predicted molar refractivity (Wildman–Crippen MR) is 119 cm³/mol. The van der Waals surface area contributed by atoms with Gasteiger partial charge in [0.2, 0.25) is 11.0 Å². The summed E-state index contributed by atoms with van der Waals surface area (Å²) in [6.07, 6.45) is 1.87. The van der Waals surface area contributed by atoms with Gasteiger partial charge in [-0.3, -0.25) is 14.4 Å². The van der Waals surface area contributed by atoms with Crippen LogP contribution in [0.4, 0.5) is 0 Å². The molecule has 0 aromatic heterocycles. The minimum absolute atomic E-state index is 0.0368. The summed E-state index contributed by atoms with van der Waals surface area (Å²) in [7, 11) is 1.96. The lowest BCUT2D eigenvalue weighted by Crippen LogP contribution is -2.41. The molecule has 0 spiro atoms. The molecule has 0 fully saturated rings. The number of carbonyl (C=O) groups is 4. The highest BCUT2D eigenvalue weighted by Gasteiger charge is 2.25. The third kappa shape index (κ3) is 8.79. The van der Waals surface area contributed by atoms with Crippen LogP contribution in [0.15, 0.2) is 24.3 Å². The number of aliphatic carboxylic acids is 1. The van der Waals surface area contributed by atoms with Crippen LogP contribution in [-0.4, -0.2) is 39.9 Å². The summed E-state index contributed by atoms with van der Waals surface area (Å²) in [5.74, 6) is -2.17. The van der Waals surface area contributed by atoms with Crippen LogP contribution in [0, 0.1) is 5.92 Å². The average Bonchev–Trinajstić information content (AvgIpc) is 2.69. The molecule has 0 saturated heterocycles. The normalized spacial score (nSPS) is 12.8. The lowest BCUT2D eigenvalue weighted by atomic mass is 9.98. The van der Waals surface area contributed by atoms with Crippen molar-refractivity contribution in [3.8, 4) is 0 Å². The molecule has 2 N–H and O–H groups in total. The van der Waals surface area contributed by atoms with Gasteiger partial charge in [-0.1, -0.05) is 62.3 Å². The van der Waals surface area contributed by atoms with Crippen LogP contribution >= 0.6 is 21.6 Å². The average molecular weight is 456 g/mol. The van der Waals surface area contributed by atoms with E-state index in [1.54, 1.807) is 38.1 Å². The second-order valence-corrected chi connectivity index (χ2v) is 9.37. The van der Waals surface area contributed by atoms with E-state index < -0.39 is 24.0 Å². The van der Waals surface area contributed by atoms with Gasteiger partial charge in [0.15, 0.2) is 0 Å². The molecular weight excluding hydrogens is 426 g/mol. The molecule has 1 aromatic rings. The predicted octanol–water partition coefficient (Wildman–Crippen LogP) is 4.23. The molecule has 0 aliphatic rings. The van der Waals surface area contributed by atoms with Crippen molar-refractivity contribution in [3.63, 3.8) is 0 Å². The number of benzene rings is 1. The molecule has 0 radical (unpaired) electrons. The van der Waals surface area contributed by atoms with Crippen molar-refractivity contribution < 1.29 is 29.0 Å². The van der Waals surface area contributed by atoms with Crippen LogP contribution in [-0.2, 0) is 19.1 Å². The smallest absolute Gasteiger partial charge is 0.327 e. The molecule has 1 unspecified atom stereocenters. The zero-order valence-corrected chi connectivity index (χ0v) is 19.3. The highest BCUT2D eigenvalue weighted by Crippen LogP contribution is 2.33. The first-order chi connectivity index (χ1) is 14.2. The van der Waals surface area contributed by atoms with Crippen LogP contribution in [0.3, 0.4) is 0 Å². The summed E-state index contributed by atoms with van der Waals surface area (Å²) < 4.78 is 5.68. The Balaban J connectivity index is 2.93. The Labute approximate surface area is 185 Å².